The minimum atomic E-state index is -0.598. The van der Waals surface area contributed by atoms with Crippen molar-refractivity contribution in [3.63, 3.8) is 0 Å². The molecule has 24 heavy (non-hydrogen) atoms. The number of nitrogens with zero attached hydrogens (tertiary/aromatic N) is 2. The summed E-state index contributed by atoms with van der Waals surface area (Å²) in [6.07, 6.45) is 0. The molecule has 0 bridgehead atoms. The minimum Gasteiger partial charge on any atom is -0.365 e. The summed E-state index contributed by atoms with van der Waals surface area (Å²) in [7, 11) is 0. The van der Waals surface area contributed by atoms with Gasteiger partial charge in [-0.3, -0.25) is 10.1 Å². The first kappa shape index (κ1) is 18.6. The smallest absolute Gasteiger partial charge is 0.272 e. The van der Waals surface area contributed by atoms with E-state index in [0.717, 1.165) is 6.07 Å². The van der Waals surface area contributed by atoms with Crippen molar-refractivity contribution < 1.29 is 14.1 Å². The average Bonchev–Trinajstić information content (AvgIpc) is 2.37. The topological polar surface area (TPSA) is 55.6 Å². The molecule has 0 aliphatic carbocycles. The molecule has 0 radical (unpaired) electrons. The van der Waals surface area contributed by atoms with E-state index in [1.54, 1.807) is 0 Å². The summed E-state index contributed by atoms with van der Waals surface area (Å²) < 4.78 is 21.2. The Morgan fingerprint density at radius 2 is 1.46 bits per heavy atom. The molecule has 134 valence electrons. The number of hydrogen-bond acceptors (Lipinski definition) is 4. The number of benzene rings is 1. The molecule has 1 aliphatic rings. The standard InChI is InChI=1S/C18H27FN2O3/c1-15(2)17(5,6)24-18(7,8)16(3,4)20(15)14-10-9-12(21(22)23)11-13(14)19/h9-11H,1-8H3. The Morgan fingerprint density at radius 1 is 1.00 bits per heavy atom. The van der Waals surface area contributed by atoms with Crippen LogP contribution in [0.4, 0.5) is 15.8 Å². The summed E-state index contributed by atoms with van der Waals surface area (Å²) in [5, 5.41) is 10.9. The van der Waals surface area contributed by atoms with E-state index in [9.17, 15) is 14.5 Å². The first-order chi connectivity index (χ1) is 10.6. The van der Waals surface area contributed by atoms with Crippen LogP contribution in [0.3, 0.4) is 0 Å². The van der Waals surface area contributed by atoms with E-state index in [2.05, 4.69) is 0 Å². The van der Waals surface area contributed by atoms with Crippen molar-refractivity contribution in [2.75, 3.05) is 4.90 Å². The number of non-ortho nitro benzene ring substituents is 1. The summed E-state index contributed by atoms with van der Waals surface area (Å²) in [5.41, 5.74) is -2.09. The van der Waals surface area contributed by atoms with Crippen LogP contribution in [0, 0.1) is 15.9 Å². The summed E-state index contributed by atoms with van der Waals surface area (Å²) in [5.74, 6) is -0.598. The molecular weight excluding hydrogens is 311 g/mol. The number of ether oxygens (including phenoxy) is 1. The zero-order valence-electron chi connectivity index (χ0n) is 15.7. The largest absolute Gasteiger partial charge is 0.365 e. The number of anilines is 1. The van der Waals surface area contributed by atoms with Crippen LogP contribution in [0.2, 0.25) is 0 Å². The van der Waals surface area contributed by atoms with E-state index >= 15 is 0 Å². The number of hydrogen-bond donors (Lipinski definition) is 0. The number of halogens is 1. The zero-order valence-corrected chi connectivity index (χ0v) is 15.7. The lowest BCUT2D eigenvalue weighted by molar-refractivity contribution is -0.385. The maximum atomic E-state index is 14.8. The predicted molar refractivity (Wildman–Crippen MR) is 92.9 cm³/mol. The van der Waals surface area contributed by atoms with Crippen LogP contribution in [0.5, 0.6) is 0 Å². The molecule has 1 aromatic carbocycles. The first-order valence-electron chi connectivity index (χ1n) is 8.09. The zero-order chi connectivity index (χ0) is 18.7. The molecule has 1 aromatic rings. The Labute approximate surface area is 142 Å². The number of morpholine rings is 1. The molecule has 0 saturated carbocycles. The highest BCUT2D eigenvalue weighted by atomic mass is 19.1. The maximum Gasteiger partial charge on any atom is 0.272 e. The molecule has 0 atom stereocenters. The van der Waals surface area contributed by atoms with Gasteiger partial charge >= 0.3 is 0 Å². The molecule has 5 nitrogen and oxygen atoms in total. The van der Waals surface area contributed by atoms with Gasteiger partial charge in [-0.1, -0.05) is 0 Å². The van der Waals surface area contributed by atoms with E-state index in [1.165, 1.54) is 12.1 Å². The van der Waals surface area contributed by atoms with Gasteiger partial charge < -0.3 is 9.64 Å². The molecule has 0 unspecified atom stereocenters. The highest BCUT2D eigenvalue weighted by Gasteiger charge is 2.60. The second kappa shape index (κ2) is 5.15. The Hall–Kier alpha value is -1.69. The maximum absolute atomic E-state index is 14.8. The van der Waals surface area contributed by atoms with Crippen LogP contribution in [0.25, 0.3) is 0 Å². The van der Waals surface area contributed by atoms with E-state index in [0.29, 0.717) is 5.69 Å². The number of nitro groups is 1. The summed E-state index contributed by atoms with van der Waals surface area (Å²) in [6, 6.07) is 3.82. The summed E-state index contributed by atoms with van der Waals surface area (Å²) in [6.45, 7) is 16.0. The molecule has 0 spiro atoms. The predicted octanol–water partition coefficient (Wildman–Crippen LogP) is 4.68. The second-order valence-corrected chi connectivity index (χ2v) is 8.47. The lowest BCUT2D eigenvalue weighted by Crippen LogP contribution is -2.78. The van der Waals surface area contributed by atoms with Crippen molar-refractivity contribution in [1.82, 2.24) is 0 Å². The van der Waals surface area contributed by atoms with Crippen LogP contribution >= 0.6 is 0 Å². The molecular formula is C18H27FN2O3. The van der Waals surface area contributed by atoms with Gasteiger partial charge in [0.25, 0.3) is 5.69 Å². The van der Waals surface area contributed by atoms with Gasteiger partial charge in [0.15, 0.2) is 5.82 Å². The molecule has 2 rings (SSSR count). The van der Waals surface area contributed by atoms with E-state index < -0.39 is 33.0 Å². The van der Waals surface area contributed by atoms with Gasteiger partial charge in [-0.15, -0.1) is 0 Å². The quantitative estimate of drug-likeness (QED) is 0.580. The van der Waals surface area contributed by atoms with Crippen LogP contribution in [-0.4, -0.2) is 27.2 Å². The molecule has 0 aromatic heterocycles. The van der Waals surface area contributed by atoms with Crippen molar-refractivity contribution in [2.24, 2.45) is 0 Å². The monoisotopic (exact) mass is 338 g/mol. The summed E-state index contributed by atoms with van der Waals surface area (Å²) >= 11 is 0. The first-order valence-corrected chi connectivity index (χ1v) is 8.09. The molecule has 1 heterocycles. The van der Waals surface area contributed by atoms with Crippen molar-refractivity contribution >= 4 is 11.4 Å². The van der Waals surface area contributed by atoms with E-state index in [-0.39, 0.29) is 5.69 Å². The van der Waals surface area contributed by atoms with Crippen molar-refractivity contribution in [3.05, 3.63) is 34.1 Å². The molecule has 0 N–H and O–H groups in total. The molecule has 1 saturated heterocycles. The van der Waals surface area contributed by atoms with Crippen molar-refractivity contribution in [2.45, 2.75) is 77.7 Å². The third-order valence-electron chi connectivity index (χ3n) is 5.96. The molecule has 6 heteroatoms. The van der Waals surface area contributed by atoms with Gasteiger partial charge in [-0.05, 0) is 61.5 Å². The molecule has 1 fully saturated rings. The normalized spacial score (nSPS) is 23.8. The second-order valence-electron chi connectivity index (χ2n) is 8.47. The van der Waals surface area contributed by atoms with Gasteiger partial charge in [0.1, 0.15) is 0 Å². The van der Waals surface area contributed by atoms with Crippen molar-refractivity contribution in [1.29, 1.82) is 0 Å². The van der Waals surface area contributed by atoms with E-state index in [4.69, 9.17) is 4.74 Å². The lowest BCUT2D eigenvalue weighted by Gasteiger charge is -2.67. The summed E-state index contributed by atoms with van der Waals surface area (Å²) in [4.78, 5) is 12.3. The van der Waals surface area contributed by atoms with Gasteiger partial charge in [-0.2, -0.15) is 0 Å². The third kappa shape index (κ3) is 2.48. The Kier molecular flexibility index (Phi) is 4.00. The Bertz CT molecular complexity index is 655. The fourth-order valence-electron chi connectivity index (χ4n) is 3.52. The third-order valence-corrected chi connectivity index (χ3v) is 5.96. The average molecular weight is 338 g/mol. The molecule has 0 amide bonds. The highest BCUT2D eigenvalue weighted by molar-refractivity contribution is 5.58. The van der Waals surface area contributed by atoms with E-state index in [1.807, 2.05) is 60.3 Å². The van der Waals surface area contributed by atoms with Crippen LogP contribution in [0.15, 0.2) is 18.2 Å². The minimum absolute atomic E-state index is 0.251. The Balaban J connectivity index is 2.70. The van der Waals surface area contributed by atoms with Gasteiger partial charge in [0.05, 0.1) is 39.0 Å². The fraction of sp³-hybridized carbons (Fsp3) is 0.667. The van der Waals surface area contributed by atoms with Crippen LogP contribution in [0.1, 0.15) is 55.4 Å². The number of nitro benzene ring substituents is 1. The van der Waals surface area contributed by atoms with Crippen LogP contribution in [-0.2, 0) is 4.74 Å². The van der Waals surface area contributed by atoms with Gasteiger partial charge in [-0.25, -0.2) is 4.39 Å². The lowest BCUT2D eigenvalue weighted by atomic mass is 9.71. The van der Waals surface area contributed by atoms with Gasteiger partial charge in [0.2, 0.25) is 0 Å². The van der Waals surface area contributed by atoms with Gasteiger partial charge in [0, 0.05) is 6.07 Å². The van der Waals surface area contributed by atoms with Crippen LogP contribution < -0.4 is 4.90 Å². The SMILES string of the molecule is CC1(C)OC(C)(C)C(C)(C)N(c2ccc([N+](=O)[O-])cc2F)C1(C)C. The molecule has 1 aliphatic heterocycles. The number of rotatable bonds is 2. The highest BCUT2D eigenvalue weighted by Crippen LogP contribution is 2.51. The van der Waals surface area contributed by atoms with Crippen molar-refractivity contribution in [3.8, 4) is 0 Å². The fourth-order valence-corrected chi connectivity index (χ4v) is 3.52. The Morgan fingerprint density at radius 3 is 1.83 bits per heavy atom.